The fourth-order valence-corrected chi connectivity index (χ4v) is 3.97. The van der Waals surface area contributed by atoms with E-state index in [0.29, 0.717) is 19.0 Å². The molecule has 2 aliphatic rings. The van der Waals surface area contributed by atoms with Crippen molar-refractivity contribution < 1.29 is 14.7 Å². The summed E-state index contributed by atoms with van der Waals surface area (Å²) >= 11 is 0. The summed E-state index contributed by atoms with van der Waals surface area (Å²) in [5, 5.41) is 12.6. The van der Waals surface area contributed by atoms with Gasteiger partial charge in [0, 0.05) is 32.1 Å². The van der Waals surface area contributed by atoms with Gasteiger partial charge >= 0.3 is 6.03 Å². The van der Waals surface area contributed by atoms with E-state index in [4.69, 9.17) is 0 Å². The van der Waals surface area contributed by atoms with Crippen LogP contribution in [0.2, 0.25) is 0 Å². The Balaban J connectivity index is 1.47. The molecule has 6 nitrogen and oxygen atoms in total. The Morgan fingerprint density at radius 3 is 2.33 bits per heavy atom. The van der Waals surface area contributed by atoms with Crippen molar-refractivity contribution in [2.45, 2.75) is 45.6 Å². The molecule has 0 saturated carbocycles. The maximum Gasteiger partial charge on any atom is 0.317 e. The van der Waals surface area contributed by atoms with E-state index >= 15 is 0 Å². The lowest BCUT2D eigenvalue weighted by atomic mass is 9.93. The Morgan fingerprint density at radius 1 is 1.07 bits per heavy atom. The van der Waals surface area contributed by atoms with Crippen LogP contribution in [0.4, 0.5) is 4.79 Å². The molecule has 0 aromatic heterocycles. The molecular weight excluding hydrogens is 342 g/mol. The predicted molar refractivity (Wildman–Crippen MR) is 104 cm³/mol. The molecule has 0 bridgehead atoms. The second-order valence-electron chi connectivity index (χ2n) is 8.04. The van der Waals surface area contributed by atoms with Crippen molar-refractivity contribution in [2.24, 2.45) is 11.8 Å². The maximum absolute atomic E-state index is 12.7. The number of urea groups is 1. The Morgan fingerprint density at radius 2 is 1.70 bits per heavy atom. The molecule has 6 heteroatoms. The predicted octanol–water partition coefficient (Wildman–Crippen LogP) is 3.13. The molecule has 1 aromatic carbocycles. The number of hydrogen-bond donors (Lipinski definition) is 2. The Hall–Kier alpha value is -2.24. The third kappa shape index (κ3) is 4.93. The van der Waals surface area contributed by atoms with Crippen molar-refractivity contribution in [1.82, 2.24) is 15.1 Å². The summed E-state index contributed by atoms with van der Waals surface area (Å²) in [6.07, 6.45) is 3.66. The number of rotatable bonds is 3. The first-order valence-corrected chi connectivity index (χ1v) is 10.1. The number of aromatic hydroxyl groups is 1. The van der Waals surface area contributed by atoms with Crippen molar-refractivity contribution in [3.05, 3.63) is 29.8 Å². The van der Waals surface area contributed by atoms with E-state index in [0.717, 1.165) is 44.3 Å². The monoisotopic (exact) mass is 373 g/mol. The highest BCUT2D eigenvalue weighted by Gasteiger charge is 2.31. The maximum atomic E-state index is 12.7. The molecule has 2 fully saturated rings. The van der Waals surface area contributed by atoms with E-state index in [-0.39, 0.29) is 29.6 Å². The van der Waals surface area contributed by atoms with Gasteiger partial charge in [-0.25, -0.2) is 4.79 Å². The van der Waals surface area contributed by atoms with Gasteiger partial charge in [0.25, 0.3) is 0 Å². The SMILES string of the molecule is CC1CCN(C(=O)C2CCN(C(=O)N[C@@H](C)c3cccc(O)c3)CC2)CC1. The van der Waals surface area contributed by atoms with Crippen molar-refractivity contribution in [1.29, 1.82) is 0 Å². The average Bonchev–Trinajstić information content (AvgIpc) is 2.68. The second kappa shape index (κ2) is 8.63. The van der Waals surface area contributed by atoms with Gasteiger partial charge in [0.2, 0.25) is 5.91 Å². The third-order valence-corrected chi connectivity index (χ3v) is 5.94. The second-order valence-corrected chi connectivity index (χ2v) is 8.04. The average molecular weight is 373 g/mol. The molecule has 0 aliphatic carbocycles. The largest absolute Gasteiger partial charge is 0.508 e. The molecule has 1 atom stereocenters. The summed E-state index contributed by atoms with van der Waals surface area (Å²) < 4.78 is 0. The minimum atomic E-state index is -0.181. The lowest BCUT2D eigenvalue weighted by Gasteiger charge is -2.37. The highest BCUT2D eigenvalue weighted by atomic mass is 16.3. The molecule has 0 unspecified atom stereocenters. The van der Waals surface area contributed by atoms with Crippen LogP contribution >= 0.6 is 0 Å². The van der Waals surface area contributed by atoms with Gasteiger partial charge in [0.05, 0.1) is 6.04 Å². The van der Waals surface area contributed by atoms with Crippen LogP contribution in [0.5, 0.6) is 5.75 Å². The summed E-state index contributed by atoms with van der Waals surface area (Å²) in [6, 6.07) is 6.64. The number of likely N-dealkylation sites (tertiary alicyclic amines) is 2. The van der Waals surface area contributed by atoms with Crippen LogP contribution in [-0.4, -0.2) is 53.0 Å². The number of phenolic OH excluding ortho intramolecular Hbond substituents is 1. The first-order chi connectivity index (χ1) is 12.9. The number of nitrogens with one attached hydrogen (secondary N) is 1. The molecule has 27 heavy (non-hydrogen) atoms. The highest BCUT2D eigenvalue weighted by molar-refractivity contribution is 5.80. The molecule has 2 heterocycles. The van der Waals surface area contributed by atoms with Crippen LogP contribution in [0.15, 0.2) is 24.3 Å². The van der Waals surface area contributed by atoms with E-state index in [1.807, 2.05) is 17.9 Å². The first-order valence-electron chi connectivity index (χ1n) is 10.1. The van der Waals surface area contributed by atoms with E-state index in [1.54, 1.807) is 23.1 Å². The summed E-state index contributed by atoms with van der Waals surface area (Å²) in [5.74, 6) is 1.23. The molecule has 0 radical (unpaired) electrons. The zero-order valence-corrected chi connectivity index (χ0v) is 16.4. The van der Waals surface area contributed by atoms with Crippen LogP contribution in [-0.2, 0) is 4.79 Å². The number of nitrogens with zero attached hydrogens (tertiary/aromatic N) is 2. The lowest BCUT2D eigenvalue weighted by molar-refractivity contribution is -0.138. The van der Waals surface area contributed by atoms with Gasteiger partial charge in [0.15, 0.2) is 0 Å². The molecular formula is C21H31N3O3. The van der Waals surface area contributed by atoms with Gasteiger partial charge in [0.1, 0.15) is 5.75 Å². The number of hydrogen-bond acceptors (Lipinski definition) is 3. The van der Waals surface area contributed by atoms with E-state index < -0.39 is 0 Å². The first kappa shape index (κ1) is 19.5. The van der Waals surface area contributed by atoms with Crippen LogP contribution in [0.3, 0.4) is 0 Å². The Kier molecular flexibility index (Phi) is 6.24. The smallest absolute Gasteiger partial charge is 0.317 e. The Bertz CT molecular complexity index is 662. The lowest BCUT2D eigenvalue weighted by Crippen LogP contribution is -2.49. The minimum Gasteiger partial charge on any atom is -0.508 e. The van der Waals surface area contributed by atoms with E-state index in [9.17, 15) is 14.7 Å². The topological polar surface area (TPSA) is 72.9 Å². The molecule has 3 rings (SSSR count). The summed E-state index contributed by atoms with van der Waals surface area (Å²) in [4.78, 5) is 29.1. The molecule has 148 valence electrons. The van der Waals surface area contributed by atoms with E-state index in [1.165, 1.54) is 0 Å². The molecule has 0 spiro atoms. The zero-order valence-electron chi connectivity index (χ0n) is 16.4. The summed E-state index contributed by atoms with van der Waals surface area (Å²) in [5.41, 5.74) is 0.868. The van der Waals surface area contributed by atoms with Crippen LogP contribution < -0.4 is 5.32 Å². The fraction of sp³-hybridized carbons (Fsp3) is 0.619. The van der Waals surface area contributed by atoms with Crippen LogP contribution in [0, 0.1) is 11.8 Å². The highest BCUT2D eigenvalue weighted by Crippen LogP contribution is 2.24. The van der Waals surface area contributed by atoms with Gasteiger partial charge in [-0.05, 0) is 56.2 Å². The molecule has 3 amide bonds. The summed E-state index contributed by atoms with van der Waals surface area (Å²) in [7, 11) is 0. The molecule has 2 N–H and O–H groups in total. The number of piperidine rings is 2. The molecule has 2 saturated heterocycles. The van der Waals surface area contributed by atoms with Crippen molar-refractivity contribution in [3.8, 4) is 5.75 Å². The minimum absolute atomic E-state index is 0.0472. The number of phenols is 1. The van der Waals surface area contributed by atoms with Gasteiger partial charge in [-0.1, -0.05) is 19.1 Å². The molecule has 2 aliphatic heterocycles. The standard InChI is InChI=1S/C21H31N3O3/c1-15-6-10-23(11-7-15)20(26)17-8-12-24(13-9-17)21(27)22-16(2)18-4-3-5-19(25)14-18/h3-5,14-17,25H,6-13H2,1-2H3,(H,22,27)/t16-/m0/s1. The Labute approximate surface area is 161 Å². The fourth-order valence-electron chi connectivity index (χ4n) is 3.97. The van der Waals surface area contributed by atoms with Crippen LogP contribution in [0.1, 0.15) is 51.1 Å². The van der Waals surface area contributed by atoms with Gasteiger partial charge in [-0.2, -0.15) is 0 Å². The normalized spacial score (nSPS) is 20.4. The number of benzene rings is 1. The van der Waals surface area contributed by atoms with Crippen molar-refractivity contribution in [3.63, 3.8) is 0 Å². The van der Waals surface area contributed by atoms with Gasteiger partial charge in [-0.3, -0.25) is 4.79 Å². The van der Waals surface area contributed by atoms with Crippen molar-refractivity contribution >= 4 is 11.9 Å². The number of carbonyl (C=O) groups is 2. The molecule has 1 aromatic rings. The summed E-state index contributed by atoms with van der Waals surface area (Å²) in [6.45, 7) is 7.12. The number of carbonyl (C=O) groups excluding carboxylic acids is 2. The van der Waals surface area contributed by atoms with Crippen LogP contribution in [0.25, 0.3) is 0 Å². The van der Waals surface area contributed by atoms with Crippen molar-refractivity contribution in [2.75, 3.05) is 26.2 Å². The third-order valence-electron chi connectivity index (χ3n) is 5.94. The quantitative estimate of drug-likeness (QED) is 0.855. The number of amides is 3. The zero-order chi connectivity index (χ0) is 19.4. The van der Waals surface area contributed by atoms with E-state index in [2.05, 4.69) is 12.2 Å². The van der Waals surface area contributed by atoms with Gasteiger partial charge < -0.3 is 20.2 Å². The van der Waals surface area contributed by atoms with Gasteiger partial charge in [-0.15, -0.1) is 0 Å².